The molecule has 0 aliphatic carbocycles. The Bertz CT molecular complexity index is 705. The second-order valence-electron chi connectivity index (χ2n) is 6.67. The summed E-state index contributed by atoms with van der Waals surface area (Å²) in [7, 11) is 0. The van der Waals surface area contributed by atoms with Crippen molar-refractivity contribution in [2.24, 2.45) is 0 Å². The van der Waals surface area contributed by atoms with E-state index in [0.717, 1.165) is 69.7 Å². The van der Waals surface area contributed by atoms with Crippen LogP contribution in [-0.2, 0) is 16.1 Å². The molecule has 0 atom stereocenters. The maximum Gasteiger partial charge on any atom is 0.236 e. The van der Waals surface area contributed by atoms with Crippen molar-refractivity contribution < 1.29 is 9.53 Å². The zero-order valence-electron chi connectivity index (χ0n) is 14.8. The summed E-state index contributed by atoms with van der Waals surface area (Å²) in [6.45, 7) is 8.05. The van der Waals surface area contributed by atoms with Crippen LogP contribution in [0.25, 0.3) is 9.88 Å². The first-order chi connectivity index (χ1) is 12.8. The Labute approximate surface area is 162 Å². The lowest BCUT2D eigenvalue weighted by molar-refractivity contribution is -0.135. The number of amides is 1. The predicted octanol–water partition coefficient (Wildman–Crippen LogP) is 1.85. The SMILES string of the molecule is O=C(CN1CCOCC1)N1CCN(Cc2csc(-c3cccs3)n2)CC1. The van der Waals surface area contributed by atoms with Gasteiger partial charge in [-0.1, -0.05) is 6.07 Å². The molecule has 2 saturated heterocycles. The standard InChI is InChI=1S/C18H24N4O2S2/c23-17(13-21-7-9-24-10-8-21)22-5-3-20(4-6-22)12-15-14-26-18(19-15)16-2-1-11-25-16/h1-2,11,14H,3-10,12-13H2. The quantitative estimate of drug-likeness (QED) is 0.777. The number of thiazole rings is 1. The summed E-state index contributed by atoms with van der Waals surface area (Å²) in [5, 5.41) is 5.35. The number of hydrogen-bond acceptors (Lipinski definition) is 7. The van der Waals surface area contributed by atoms with Gasteiger partial charge in [-0.15, -0.1) is 22.7 Å². The number of aromatic nitrogens is 1. The Balaban J connectivity index is 1.24. The zero-order valence-corrected chi connectivity index (χ0v) is 16.4. The van der Waals surface area contributed by atoms with Crippen LogP contribution in [-0.4, -0.2) is 84.6 Å². The molecule has 2 fully saturated rings. The molecule has 0 saturated carbocycles. The third-order valence-corrected chi connectivity index (χ3v) is 6.79. The Morgan fingerprint density at radius 3 is 2.62 bits per heavy atom. The Morgan fingerprint density at radius 2 is 1.88 bits per heavy atom. The molecule has 0 N–H and O–H groups in total. The number of rotatable bonds is 5. The second kappa shape index (κ2) is 8.58. The zero-order chi connectivity index (χ0) is 17.8. The number of carbonyl (C=O) groups is 1. The molecule has 0 radical (unpaired) electrons. The van der Waals surface area contributed by atoms with E-state index in [2.05, 4.69) is 32.7 Å². The van der Waals surface area contributed by atoms with Crippen molar-refractivity contribution in [1.82, 2.24) is 19.7 Å². The number of carbonyl (C=O) groups excluding carboxylic acids is 1. The lowest BCUT2D eigenvalue weighted by Gasteiger charge is -2.36. The molecule has 140 valence electrons. The first-order valence-corrected chi connectivity index (χ1v) is 10.8. The van der Waals surface area contributed by atoms with Crippen LogP contribution in [0.3, 0.4) is 0 Å². The van der Waals surface area contributed by atoms with Crippen LogP contribution in [0.1, 0.15) is 5.69 Å². The molecule has 0 spiro atoms. The molecule has 1 amide bonds. The van der Waals surface area contributed by atoms with Gasteiger partial charge in [0.2, 0.25) is 5.91 Å². The fourth-order valence-corrected chi connectivity index (χ4v) is 4.95. The smallest absolute Gasteiger partial charge is 0.236 e. The van der Waals surface area contributed by atoms with Crippen molar-refractivity contribution in [1.29, 1.82) is 0 Å². The van der Waals surface area contributed by atoms with E-state index >= 15 is 0 Å². The summed E-state index contributed by atoms with van der Waals surface area (Å²) >= 11 is 3.44. The lowest BCUT2D eigenvalue weighted by Crippen LogP contribution is -2.52. The average Bonchev–Trinajstić information content (AvgIpc) is 3.35. The van der Waals surface area contributed by atoms with Crippen LogP contribution in [0, 0.1) is 0 Å². The maximum atomic E-state index is 12.5. The summed E-state index contributed by atoms with van der Waals surface area (Å²) in [5.74, 6) is 0.250. The molecule has 6 nitrogen and oxygen atoms in total. The lowest BCUT2D eigenvalue weighted by atomic mass is 10.2. The molecule has 0 unspecified atom stereocenters. The number of nitrogens with zero attached hydrogens (tertiary/aromatic N) is 4. The van der Waals surface area contributed by atoms with Crippen LogP contribution in [0.2, 0.25) is 0 Å². The van der Waals surface area contributed by atoms with Crippen molar-refractivity contribution >= 4 is 28.6 Å². The van der Waals surface area contributed by atoms with Crippen LogP contribution < -0.4 is 0 Å². The third-order valence-electron chi connectivity index (χ3n) is 4.86. The van der Waals surface area contributed by atoms with Gasteiger partial charge in [-0.05, 0) is 11.4 Å². The van der Waals surface area contributed by atoms with E-state index in [4.69, 9.17) is 9.72 Å². The Kier molecular flexibility index (Phi) is 5.96. The highest BCUT2D eigenvalue weighted by Crippen LogP contribution is 2.28. The van der Waals surface area contributed by atoms with Gasteiger partial charge in [0.25, 0.3) is 0 Å². The highest BCUT2D eigenvalue weighted by Gasteiger charge is 2.24. The van der Waals surface area contributed by atoms with E-state index in [1.807, 2.05) is 4.90 Å². The number of thiophene rings is 1. The van der Waals surface area contributed by atoms with Crippen LogP contribution in [0.4, 0.5) is 0 Å². The molecule has 0 aromatic carbocycles. The van der Waals surface area contributed by atoms with Gasteiger partial charge in [-0.3, -0.25) is 14.6 Å². The first-order valence-electron chi connectivity index (χ1n) is 9.06. The molecule has 2 aromatic rings. The topological polar surface area (TPSA) is 48.9 Å². The van der Waals surface area contributed by atoms with Crippen LogP contribution in [0.15, 0.2) is 22.9 Å². The van der Waals surface area contributed by atoms with Gasteiger partial charge < -0.3 is 9.64 Å². The monoisotopic (exact) mass is 392 g/mol. The van der Waals surface area contributed by atoms with E-state index < -0.39 is 0 Å². The molecule has 2 aliphatic heterocycles. The molecule has 2 aliphatic rings. The minimum atomic E-state index is 0.250. The number of ether oxygens (including phenoxy) is 1. The fourth-order valence-electron chi connectivity index (χ4n) is 3.33. The highest BCUT2D eigenvalue weighted by atomic mass is 32.1. The number of morpholine rings is 1. The average molecular weight is 393 g/mol. The summed E-state index contributed by atoms with van der Waals surface area (Å²) in [6, 6.07) is 4.18. The molecule has 4 heterocycles. The third kappa shape index (κ3) is 4.50. The van der Waals surface area contributed by atoms with Crippen molar-refractivity contribution in [2.75, 3.05) is 59.0 Å². The largest absolute Gasteiger partial charge is 0.379 e. The summed E-state index contributed by atoms with van der Waals surface area (Å²) in [6.07, 6.45) is 0. The molecule has 8 heteroatoms. The second-order valence-corrected chi connectivity index (χ2v) is 8.47. The fraction of sp³-hybridized carbons (Fsp3) is 0.556. The van der Waals surface area contributed by atoms with Gasteiger partial charge in [0, 0.05) is 51.2 Å². The van der Waals surface area contributed by atoms with Gasteiger partial charge in [0.15, 0.2) is 0 Å². The van der Waals surface area contributed by atoms with Crippen LogP contribution >= 0.6 is 22.7 Å². The molecule has 26 heavy (non-hydrogen) atoms. The number of piperazine rings is 1. The number of hydrogen-bond donors (Lipinski definition) is 0. The van der Waals surface area contributed by atoms with Crippen molar-refractivity contribution in [3.8, 4) is 9.88 Å². The van der Waals surface area contributed by atoms with Crippen molar-refractivity contribution in [3.05, 3.63) is 28.6 Å². The summed E-state index contributed by atoms with van der Waals surface area (Å²) in [5.41, 5.74) is 1.13. The Hall–Kier alpha value is -1.32. The Morgan fingerprint density at radius 1 is 1.08 bits per heavy atom. The van der Waals surface area contributed by atoms with Gasteiger partial charge in [0.05, 0.1) is 30.3 Å². The minimum Gasteiger partial charge on any atom is -0.379 e. The van der Waals surface area contributed by atoms with E-state index in [0.29, 0.717) is 6.54 Å². The van der Waals surface area contributed by atoms with Crippen molar-refractivity contribution in [2.45, 2.75) is 6.54 Å². The van der Waals surface area contributed by atoms with E-state index in [9.17, 15) is 4.79 Å². The van der Waals surface area contributed by atoms with E-state index in [1.165, 1.54) is 4.88 Å². The van der Waals surface area contributed by atoms with Crippen molar-refractivity contribution in [3.63, 3.8) is 0 Å². The molecular weight excluding hydrogens is 368 g/mol. The van der Waals surface area contributed by atoms with E-state index in [-0.39, 0.29) is 5.91 Å². The van der Waals surface area contributed by atoms with Gasteiger partial charge in [-0.2, -0.15) is 0 Å². The predicted molar refractivity (Wildman–Crippen MR) is 105 cm³/mol. The maximum absolute atomic E-state index is 12.5. The van der Waals surface area contributed by atoms with E-state index in [1.54, 1.807) is 22.7 Å². The molecule has 4 rings (SSSR count). The minimum absolute atomic E-state index is 0.250. The van der Waals surface area contributed by atoms with Gasteiger partial charge in [0.1, 0.15) is 5.01 Å². The highest BCUT2D eigenvalue weighted by molar-refractivity contribution is 7.20. The molecule has 2 aromatic heterocycles. The summed E-state index contributed by atoms with van der Waals surface area (Å²) in [4.78, 5) is 25.1. The van der Waals surface area contributed by atoms with Crippen LogP contribution in [0.5, 0.6) is 0 Å². The summed E-state index contributed by atoms with van der Waals surface area (Å²) < 4.78 is 5.35. The first kappa shape index (κ1) is 18.1. The normalized spacial score (nSPS) is 19.8. The van der Waals surface area contributed by atoms with Gasteiger partial charge >= 0.3 is 0 Å². The van der Waals surface area contributed by atoms with Gasteiger partial charge in [-0.25, -0.2) is 4.98 Å². The molecule has 0 bridgehead atoms. The molecular formula is C18H24N4O2S2.